The molecule has 0 spiro atoms. The molecule has 3 aromatic rings. The predicted octanol–water partition coefficient (Wildman–Crippen LogP) is 3.53. The van der Waals surface area contributed by atoms with Gasteiger partial charge in [-0.3, -0.25) is 14.4 Å². The highest BCUT2D eigenvalue weighted by molar-refractivity contribution is 5.95. The van der Waals surface area contributed by atoms with Crippen molar-refractivity contribution in [3.05, 3.63) is 83.6 Å². The van der Waals surface area contributed by atoms with Crippen LogP contribution in [0.15, 0.2) is 61.3 Å². The zero-order valence-corrected chi connectivity index (χ0v) is 19.1. The average Bonchev–Trinajstić information content (AvgIpc) is 2.83. The molecule has 0 aliphatic heterocycles. The van der Waals surface area contributed by atoms with Gasteiger partial charge in [0.1, 0.15) is 5.82 Å². The first-order valence-electron chi connectivity index (χ1n) is 10.7. The molecular weight excluding hydrogens is 434 g/mol. The number of ketones is 1. The van der Waals surface area contributed by atoms with Crippen LogP contribution in [0.25, 0.3) is 0 Å². The molecule has 1 aromatic heterocycles. The third-order valence-electron chi connectivity index (χ3n) is 4.94. The van der Waals surface area contributed by atoms with E-state index in [2.05, 4.69) is 32.7 Å². The van der Waals surface area contributed by atoms with Gasteiger partial charge in [0.2, 0.25) is 5.95 Å². The number of carbonyl (C=O) groups is 2. The molecule has 0 saturated carbocycles. The summed E-state index contributed by atoms with van der Waals surface area (Å²) in [5.41, 5.74) is 6.61. The van der Waals surface area contributed by atoms with Crippen LogP contribution < -0.4 is 16.1 Å². The first-order chi connectivity index (χ1) is 16.4. The first-order valence-corrected chi connectivity index (χ1v) is 10.7. The van der Waals surface area contributed by atoms with E-state index >= 15 is 0 Å². The van der Waals surface area contributed by atoms with E-state index in [1.807, 2.05) is 38.1 Å². The second-order valence-electron chi connectivity index (χ2n) is 7.51. The molecular formula is C25H27N5O4. The average molecular weight is 462 g/mol. The van der Waals surface area contributed by atoms with E-state index < -0.39 is 5.91 Å². The molecule has 0 aliphatic carbocycles. The van der Waals surface area contributed by atoms with Crippen LogP contribution in [0.3, 0.4) is 0 Å². The standard InChI is InChI=1S/C25H27N5O4/c1-4-20(32)13-18-7-5-6-8-21(18)27-23-17(3)15-26-25(29-23)28-22-14-19(10-9-16(22)2)24(33)30-34-12-11-31/h4-10,14-15,31H,1,11-13H2,2-3H3,(H,30,33)(H2,26,27,28,29). The molecule has 176 valence electrons. The molecule has 0 atom stereocenters. The molecule has 0 aliphatic rings. The molecule has 0 radical (unpaired) electrons. The summed E-state index contributed by atoms with van der Waals surface area (Å²) in [6.07, 6.45) is 3.23. The van der Waals surface area contributed by atoms with Crippen LogP contribution >= 0.6 is 0 Å². The van der Waals surface area contributed by atoms with Gasteiger partial charge in [0.15, 0.2) is 5.78 Å². The van der Waals surface area contributed by atoms with Gasteiger partial charge < -0.3 is 15.7 Å². The maximum Gasteiger partial charge on any atom is 0.274 e. The van der Waals surface area contributed by atoms with E-state index in [9.17, 15) is 9.59 Å². The molecule has 4 N–H and O–H groups in total. The monoisotopic (exact) mass is 461 g/mol. The third-order valence-corrected chi connectivity index (χ3v) is 4.94. The van der Waals surface area contributed by atoms with Gasteiger partial charge in [-0.25, -0.2) is 10.5 Å². The van der Waals surface area contributed by atoms with Crippen LogP contribution in [-0.2, 0) is 16.1 Å². The van der Waals surface area contributed by atoms with Crippen LogP contribution in [0.5, 0.6) is 0 Å². The van der Waals surface area contributed by atoms with Crippen molar-refractivity contribution < 1.29 is 19.5 Å². The topological polar surface area (TPSA) is 125 Å². The second-order valence-corrected chi connectivity index (χ2v) is 7.51. The number of para-hydroxylation sites is 1. The fraction of sp³-hybridized carbons (Fsp3) is 0.200. The van der Waals surface area contributed by atoms with E-state index in [-0.39, 0.29) is 25.4 Å². The van der Waals surface area contributed by atoms with Gasteiger partial charge in [-0.05, 0) is 49.2 Å². The van der Waals surface area contributed by atoms with E-state index in [1.165, 1.54) is 6.08 Å². The molecule has 1 amide bonds. The molecule has 3 rings (SSSR count). The maximum absolute atomic E-state index is 12.3. The molecule has 0 unspecified atom stereocenters. The highest BCUT2D eigenvalue weighted by atomic mass is 16.7. The number of nitrogens with one attached hydrogen (secondary N) is 3. The fourth-order valence-electron chi connectivity index (χ4n) is 3.05. The molecule has 9 nitrogen and oxygen atoms in total. The molecule has 2 aromatic carbocycles. The number of hydrogen-bond donors (Lipinski definition) is 4. The number of hydrogen-bond acceptors (Lipinski definition) is 8. The second kappa shape index (κ2) is 11.7. The van der Waals surface area contributed by atoms with Crippen molar-refractivity contribution in [2.75, 3.05) is 23.8 Å². The van der Waals surface area contributed by atoms with Crippen molar-refractivity contribution in [1.29, 1.82) is 0 Å². The summed E-state index contributed by atoms with van der Waals surface area (Å²) in [6, 6.07) is 12.6. The predicted molar refractivity (Wildman–Crippen MR) is 130 cm³/mol. The Labute approximate surface area is 197 Å². The van der Waals surface area contributed by atoms with Crippen molar-refractivity contribution in [1.82, 2.24) is 15.4 Å². The molecule has 34 heavy (non-hydrogen) atoms. The number of amides is 1. The lowest BCUT2D eigenvalue weighted by Gasteiger charge is -2.15. The summed E-state index contributed by atoms with van der Waals surface area (Å²) in [6.45, 7) is 7.12. The molecule has 1 heterocycles. The lowest BCUT2D eigenvalue weighted by atomic mass is 10.1. The van der Waals surface area contributed by atoms with E-state index in [0.717, 1.165) is 22.4 Å². The Kier molecular flexibility index (Phi) is 8.44. The summed E-state index contributed by atoms with van der Waals surface area (Å²) in [5, 5.41) is 15.2. The van der Waals surface area contributed by atoms with Crippen molar-refractivity contribution in [3.8, 4) is 0 Å². The van der Waals surface area contributed by atoms with Crippen LogP contribution in [0.4, 0.5) is 23.1 Å². The summed E-state index contributed by atoms with van der Waals surface area (Å²) in [7, 11) is 0. The zero-order valence-electron chi connectivity index (χ0n) is 19.1. The SMILES string of the molecule is C=CC(=O)Cc1ccccc1Nc1nc(Nc2cc(C(=O)NOCCO)ccc2C)ncc1C. The number of aliphatic hydroxyl groups excluding tert-OH is 1. The quantitative estimate of drug-likeness (QED) is 0.194. The van der Waals surface area contributed by atoms with Crippen LogP contribution in [0, 0.1) is 13.8 Å². The number of aromatic nitrogens is 2. The van der Waals surface area contributed by atoms with Crippen LogP contribution in [0.2, 0.25) is 0 Å². The zero-order chi connectivity index (χ0) is 24.5. The Hall–Kier alpha value is -4.08. The smallest absolute Gasteiger partial charge is 0.274 e. The van der Waals surface area contributed by atoms with E-state index in [1.54, 1.807) is 24.4 Å². The number of anilines is 4. The number of carbonyl (C=O) groups excluding carboxylic acids is 2. The highest BCUT2D eigenvalue weighted by Crippen LogP contribution is 2.25. The van der Waals surface area contributed by atoms with Gasteiger partial charge in [-0.1, -0.05) is 30.8 Å². The number of aryl methyl sites for hydroxylation is 2. The third kappa shape index (κ3) is 6.47. The Morgan fingerprint density at radius 1 is 1.09 bits per heavy atom. The van der Waals surface area contributed by atoms with Crippen molar-refractivity contribution in [2.24, 2.45) is 0 Å². The van der Waals surface area contributed by atoms with Gasteiger partial charge >= 0.3 is 0 Å². The molecule has 9 heteroatoms. The number of aliphatic hydroxyl groups is 1. The number of rotatable bonds is 11. The highest BCUT2D eigenvalue weighted by Gasteiger charge is 2.12. The molecule has 0 bridgehead atoms. The maximum atomic E-state index is 12.3. The summed E-state index contributed by atoms with van der Waals surface area (Å²) >= 11 is 0. The van der Waals surface area contributed by atoms with E-state index in [4.69, 9.17) is 9.94 Å². The normalized spacial score (nSPS) is 10.4. The molecule has 0 saturated heterocycles. The minimum absolute atomic E-state index is 0.000566. The number of hydroxylamine groups is 1. The van der Waals surface area contributed by atoms with Gasteiger partial charge in [-0.2, -0.15) is 4.98 Å². The Morgan fingerprint density at radius 2 is 1.88 bits per heavy atom. The fourth-order valence-corrected chi connectivity index (χ4v) is 3.05. The largest absolute Gasteiger partial charge is 0.394 e. The van der Waals surface area contributed by atoms with Crippen molar-refractivity contribution in [3.63, 3.8) is 0 Å². The van der Waals surface area contributed by atoms with E-state index in [0.29, 0.717) is 23.0 Å². The number of allylic oxidation sites excluding steroid dienone is 1. The molecule has 0 fully saturated rings. The summed E-state index contributed by atoms with van der Waals surface area (Å²) < 4.78 is 0. The first kappa shape index (κ1) is 24.6. The van der Waals surface area contributed by atoms with Gasteiger partial charge in [-0.15, -0.1) is 0 Å². The Morgan fingerprint density at radius 3 is 2.65 bits per heavy atom. The van der Waals surface area contributed by atoms with Gasteiger partial charge in [0.05, 0.1) is 13.2 Å². The minimum atomic E-state index is -0.436. The van der Waals surface area contributed by atoms with Gasteiger partial charge in [0, 0.05) is 35.1 Å². The number of nitrogens with zero attached hydrogens (tertiary/aromatic N) is 2. The minimum Gasteiger partial charge on any atom is -0.394 e. The lowest BCUT2D eigenvalue weighted by Crippen LogP contribution is -2.25. The Balaban J connectivity index is 1.81. The lowest BCUT2D eigenvalue weighted by molar-refractivity contribution is -0.114. The van der Waals surface area contributed by atoms with Crippen molar-refractivity contribution >= 4 is 34.8 Å². The summed E-state index contributed by atoms with van der Waals surface area (Å²) in [4.78, 5) is 37.9. The van der Waals surface area contributed by atoms with Gasteiger partial charge in [0.25, 0.3) is 5.91 Å². The van der Waals surface area contributed by atoms with Crippen molar-refractivity contribution in [2.45, 2.75) is 20.3 Å². The van der Waals surface area contributed by atoms with Crippen LogP contribution in [0.1, 0.15) is 27.0 Å². The number of benzene rings is 2. The van der Waals surface area contributed by atoms with Crippen LogP contribution in [-0.4, -0.2) is 40.0 Å². The summed E-state index contributed by atoms with van der Waals surface area (Å²) in [5.74, 6) is 0.413. The Bertz CT molecular complexity index is 1200.